The molecule has 0 bridgehead atoms. The van der Waals surface area contributed by atoms with Gasteiger partial charge in [0, 0.05) is 26.2 Å². The Morgan fingerprint density at radius 3 is 2.05 bits per heavy atom. The molecule has 0 N–H and O–H groups in total. The van der Waals surface area contributed by atoms with Crippen molar-refractivity contribution in [2.75, 3.05) is 26.2 Å². The van der Waals surface area contributed by atoms with Gasteiger partial charge in [-0.05, 0) is 33.6 Å². The molecule has 0 aromatic carbocycles. The average Bonchev–Trinajstić information content (AvgIpc) is 2.46. The first-order valence-corrected chi connectivity index (χ1v) is 9.67. The first kappa shape index (κ1) is 17.5. The third kappa shape index (κ3) is 4.35. The van der Waals surface area contributed by atoms with Gasteiger partial charge in [-0.1, -0.05) is 19.3 Å². The average molecular weight is 332 g/mol. The second-order valence-corrected chi connectivity index (χ2v) is 9.38. The Bertz CT molecular complexity index is 484. The van der Waals surface area contributed by atoms with Crippen LogP contribution >= 0.6 is 0 Å². The van der Waals surface area contributed by atoms with Crippen molar-refractivity contribution in [1.29, 1.82) is 0 Å². The number of hydrogen-bond donors (Lipinski definition) is 0. The van der Waals surface area contributed by atoms with Crippen LogP contribution in [0.1, 0.15) is 52.9 Å². The van der Waals surface area contributed by atoms with E-state index < -0.39 is 15.6 Å². The summed E-state index contributed by atoms with van der Waals surface area (Å²) in [4.78, 5) is 13.6. The molecule has 2 rings (SSSR count). The van der Waals surface area contributed by atoms with Crippen LogP contribution in [-0.2, 0) is 14.8 Å². The van der Waals surface area contributed by atoms with E-state index in [2.05, 4.69) is 0 Å². The molecule has 1 saturated carbocycles. The Hall–Kier alpha value is -0.820. The monoisotopic (exact) mass is 332 g/mol. The molecule has 1 aliphatic heterocycles. The Kier molecular flexibility index (Phi) is 5.37. The summed E-state index contributed by atoms with van der Waals surface area (Å²) in [6, 6.07) is 0. The van der Waals surface area contributed by atoms with Gasteiger partial charge in [0.25, 0.3) is 0 Å². The molecule has 2 aliphatic rings. The van der Waals surface area contributed by atoms with Gasteiger partial charge in [-0.25, -0.2) is 13.2 Å². The van der Waals surface area contributed by atoms with Crippen LogP contribution in [0.4, 0.5) is 4.79 Å². The Labute approximate surface area is 133 Å². The Morgan fingerprint density at radius 1 is 1.00 bits per heavy atom. The predicted octanol–water partition coefficient (Wildman–Crippen LogP) is 2.20. The van der Waals surface area contributed by atoms with Crippen LogP contribution in [0.15, 0.2) is 0 Å². The molecule has 1 saturated heterocycles. The lowest BCUT2D eigenvalue weighted by atomic mass is 10.0. The highest BCUT2D eigenvalue weighted by atomic mass is 32.2. The number of rotatable bonds is 2. The summed E-state index contributed by atoms with van der Waals surface area (Å²) in [6.45, 7) is 7.04. The molecule has 7 heteroatoms. The van der Waals surface area contributed by atoms with E-state index in [4.69, 9.17) is 4.74 Å². The SMILES string of the molecule is CC(C)(C)OC(=O)N1CCN(S(=O)(=O)C2CCCCC2)CC1. The molecule has 0 unspecified atom stereocenters. The maximum atomic E-state index is 12.6. The van der Waals surface area contributed by atoms with Crippen molar-refractivity contribution in [3.05, 3.63) is 0 Å². The molecule has 0 radical (unpaired) electrons. The molecule has 2 fully saturated rings. The van der Waals surface area contributed by atoms with Crippen molar-refractivity contribution in [3.63, 3.8) is 0 Å². The van der Waals surface area contributed by atoms with Gasteiger partial charge < -0.3 is 9.64 Å². The fraction of sp³-hybridized carbons (Fsp3) is 0.933. The van der Waals surface area contributed by atoms with E-state index in [-0.39, 0.29) is 11.3 Å². The zero-order valence-corrected chi connectivity index (χ0v) is 14.7. The third-order valence-corrected chi connectivity index (χ3v) is 6.62. The van der Waals surface area contributed by atoms with Crippen molar-refractivity contribution in [1.82, 2.24) is 9.21 Å². The van der Waals surface area contributed by atoms with Gasteiger partial charge in [0.1, 0.15) is 5.60 Å². The number of carbonyl (C=O) groups excluding carboxylic acids is 1. The van der Waals surface area contributed by atoms with Gasteiger partial charge in [-0.3, -0.25) is 0 Å². The summed E-state index contributed by atoms with van der Waals surface area (Å²) < 4.78 is 32.2. The molecule has 0 atom stereocenters. The van der Waals surface area contributed by atoms with Crippen LogP contribution in [0.3, 0.4) is 0 Å². The summed E-state index contributed by atoms with van der Waals surface area (Å²) >= 11 is 0. The number of hydrogen-bond acceptors (Lipinski definition) is 4. The van der Waals surface area contributed by atoms with Gasteiger partial charge >= 0.3 is 6.09 Å². The van der Waals surface area contributed by atoms with Gasteiger partial charge in [0.15, 0.2) is 0 Å². The number of sulfonamides is 1. The fourth-order valence-electron chi connectivity index (χ4n) is 3.03. The number of amides is 1. The molecule has 0 aromatic heterocycles. The molecule has 128 valence electrons. The normalized spacial score (nSPS) is 22.6. The van der Waals surface area contributed by atoms with E-state index in [1.165, 1.54) is 0 Å². The van der Waals surface area contributed by atoms with E-state index in [1.807, 2.05) is 20.8 Å². The molecular weight excluding hydrogens is 304 g/mol. The summed E-state index contributed by atoms with van der Waals surface area (Å²) in [6.07, 6.45) is 4.33. The number of carbonyl (C=O) groups is 1. The summed E-state index contributed by atoms with van der Waals surface area (Å²) in [5.41, 5.74) is -0.525. The van der Waals surface area contributed by atoms with E-state index in [0.29, 0.717) is 26.2 Å². The highest BCUT2D eigenvalue weighted by molar-refractivity contribution is 7.89. The first-order chi connectivity index (χ1) is 10.2. The zero-order chi connectivity index (χ0) is 16.4. The molecular formula is C15H28N2O4S. The number of piperazine rings is 1. The van der Waals surface area contributed by atoms with Crippen LogP contribution in [0.2, 0.25) is 0 Å². The number of ether oxygens (including phenoxy) is 1. The van der Waals surface area contributed by atoms with Crippen LogP contribution in [0.5, 0.6) is 0 Å². The maximum absolute atomic E-state index is 12.6. The lowest BCUT2D eigenvalue weighted by Gasteiger charge is -2.37. The molecule has 6 nitrogen and oxygen atoms in total. The van der Waals surface area contributed by atoms with Crippen LogP contribution < -0.4 is 0 Å². The minimum absolute atomic E-state index is 0.227. The molecule has 1 amide bonds. The molecule has 1 aliphatic carbocycles. The van der Waals surface area contributed by atoms with E-state index in [1.54, 1.807) is 9.21 Å². The van der Waals surface area contributed by atoms with Crippen molar-refractivity contribution in [2.24, 2.45) is 0 Å². The first-order valence-electron chi connectivity index (χ1n) is 8.17. The summed E-state index contributed by atoms with van der Waals surface area (Å²) in [7, 11) is -3.21. The quantitative estimate of drug-likeness (QED) is 0.777. The second kappa shape index (κ2) is 6.74. The minimum Gasteiger partial charge on any atom is -0.444 e. The standard InChI is InChI=1S/C15H28N2O4S/c1-15(2,3)21-14(18)16-9-11-17(12-10-16)22(19,20)13-7-5-4-6-8-13/h13H,4-12H2,1-3H3. The molecule has 0 spiro atoms. The van der Waals surface area contributed by atoms with Crippen LogP contribution in [0, 0.1) is 0 Å². The van der Waals surface area contributed by atoms with Gasteiger partial charge in [0.2, 0.25) is 10.0 Å². The van der Waals surface area contributed by atoms with Crippen molar-refractivity contribution >= 4 is 16.1 Å². The number of nitrogens with zero attached hydrogens (tertiary/aromatic N) is 2. The van der Waals surface area contributed by atoms with Gasteiger partial charge in [-0.15, -0.1) is 0 Å². The molecule has 0 aromatic rings. The largest absolute Gasteiger partial charge is 0.444 e. The minimum atomic E-state index is -3.21. The van der Waals surface area contributed by atoms with Crippen molar-refractivity contribution < 1.29 is 17.9 Å². The fourth-order valence-corrected chi connectivity index (χ4v) is 5.05. The van der Waals surface area contributed by atoms with Gasteiger partial charge in [-0.2, -0.15) is 4.31 Å². The summed E-state index contributed by atoms with van der Waals surface area (Å²) in [5, 5.41) is -0.227. The Balaban J connectivity index is 1.90. The second-order valence-electron chi connectivity index (χ2n) is 7.17. The van der Waals surface area contributed by atoms with Crippen molar-refractivity contribution in [2.45, 2.75) is 63.7 Å². The van der Waals surface area contributed by atoms with Gasteiger partial charge in [0.05, 0.1) is 5.25 Å². The van der Waals surface area contributed by atoms with Crippen LogP contribution in [-0.4, -0.2) is 60.7 Å². The van der Waals surface area contributed by atoms with Crippen LogP contribution in [0.25, 0.3) is 0 Å². The lowest BCUT2D eigenvalue weighted by Crippen LogP contribution is -2.53. The Morgan fingerprint density at radius 2 is 1.55 bits per heavy atom. The van der Waals surface area contributed by atoms with Crippen molar-refractivity contribution in [3.8, 4) is 0 Å². The van der Waals surface area contributed by atoms with E-state index in [9.17, 15) is 13.2 Å². The maximum Gasteiger partial charge on any atom is 0.410 e. The molecule has 22 heavy (non-hydrogen) atoms. The topological polar surface area (TPSA) is 66.9 Å². The highest BCUT2D eigenvalue weighted by Gasteiger charge is 2.36. The summed E-state index contributed by atoms with van der Waals surface area (Å²) in [5.74, 6) is 0. The zero-order valence-electron chi connectivity index (χ0n) is 13.9. The van der Waals surface area contributed by atoms with E-state index >= 15 is 0 Å². The third-order valence-electron chi connectivity index (χ3n) is 4.22. The van der Waals surface area contributed by atoms with E-state index in [0.717, 1.165) is 32.1 Å². The highest BCUT2D eigenvalue weighted by Crippen LogP contribution is 2.26. The predicted molar refractivity (Wildman–Crippen MR) is 85.2 cm³/mol. The lowest BCUT2D eigenvalue weighted by molar-refractivity contribution is 0.0192. The molecule has 1 heterocycles. The smallest absolute Gasteiger partial charge is 0.410 e.